The first-order valence-electron chi connectivity index (χ1n) is 10.3. The number of benzene rings is 3. The van der Waals surface area contributed by atoms with E-state index in [4.69, 9.17) is 26.2 Å². The summed E-state index contributed by atoms with van der Waals surface area (Å²) in [4.78, 5) is 23.3. The highest BCUT2D eigenvalue weighted by Crippen LogP contribution is 2.34. The van der Waals surface area contributed by atoms with Crippen molar-refractivity contribution >= 4 is 45.6 Å². The fourth-order valence-electron chi connectivity index (χ4n) is 2.89. The summed E-state index contributed by atoms with van der Waals surface area (Å²) in [6, 6.07) is 15.0. The van der Waals surface area contributed by atoms with Gasteiger partial charge in [-0.2, -0.15) is 5.10 Å². The Morgan fingerprint density at radius 1 is 1.06 bits per heavy atom. The number of aromatic carboxylic acids is 1. The van der Waals surface area contributed by atoms with Crippen LogP contribution in [0.4, 0.5) is 0 Å². The molecule has 7 nitrogen and oxygen atoms in total. The number of carboxylic acids is 1. The second-order valence-corrected chi connectivity index (χ2v) is 8.47. The van der Waals surface area contributed by atoms with Gasteiger partial charge < -0.3 is 14.6 Å². The molecule has 0 radical (unpaired) electrons. The van der Waals surface area contributed by atoms with Crippen molar-refractivity contribution in [3.63, 3.8) is 0 Å². The minimum Gasteiger partial charge on any atom is -0.490 e. The van der Waals surface area contributed by atoms with Gasteiger partial charge in [-0.25, -0.2) is 10.2 Å². The molecule has 0 aliphatic heterocycles. The Morgan fingerprint density at radius 2 is 1.74 bits per heavy atom. The molecule has 0 aliphatic rings. The Kier molecular flexibility index (Phi) is 8.67. The van der Waals surface area contributed by atoms with Gasteiger partial charge in [0.15, 0.2) is 11.5 Å². The highest BCUT2D eigenvalue weighted by molar-refractivity contribution is 9.10. The van der Waals surface area contributed by atoms with Crippen LogP contribution in [0.2, 0.25) is 5.02 Å². The van der Waals surface area contributed by atoms with E-state index in [9.17, 15) is 9.59 Å². The van der Waals surface area contributed by atoms with Crippen molar-refractivity contribution in [2.24, 2.45) is 5.10 Å². The number of carboxylic acid groups (broad SMARTS) is 1. The number of rotatable bonds is 9. The number of hydrazone groups is 1. The molecule has 176 valence electrons. The van der Waals surface area contributed by atoms with Crippen LogP contribution >= 0.6 is 27.5 Å². The lowest BCUT2D eigenvalue weighted by Gasteiger charge is -2.14. The zero-order valence-corrected chi connectivity index (χ0v) is 20.8. The van der Waals surface area contributed by atoms with Crippen LogP contribution in [0.1, 0.15) is 44.3 Å². The Morgan fingerprint density at radius 3 is 2.38 bits per heavy atom. The molecule has 0 aromatic heterocycles. The van der Waals surface area contributed by atoms with E-state index in [1.807, 2.05) is 13.8 Å². The van der Waals surface area contributed by atoms with E-state index in [1.165, 1.54) is 18.3 Å². The summed E-state index contributed by atoms with van der Waals surface area (Å²) in [7, 11) is 0. The summed E-state index contributed by atoms with van der Waals surface area (Å²) in [5.74, 6) is -0.350. The number of hydrogen-bond donors (Lipinski definition) is 2. The number of hydrogen-bond acceptors (Lipinski definition) is 5. The van der Waals surface area contributed by atoms with Gasteiger partial charge in [-0.3, -0.25) is 4.79 Å². The second-order valence-electron chi connectivity index (χ2n) is 7.21. The molecule has 9 heteroatoms. The number of halogens is 2. The highest BCUT2D eigenvalue weighted by Gasteiger charge is 2.12. The largest absolute Gasteiger partial charge is 0.490 e. The molecule has 0 spiro atoms. The van der Waals surface area contributed by atoms with Crippen molar-refractivity contribution in [2.75, 3.05) is 6.61 Å². The Labute approximate surface area is 210 Å². The predicted octanol–water partition coefficient (Wildman–Crippen LogP) is 5.85. The number of nitrogens with zero attached hydrogens (tertiary/aromatic N) is 1. The third-order valence-electron chi connectivity index (χ3n) is 4.76. The van der Waals surface area contributed by atoms with Gasteiger partial charge in [0.1, 0.15) is 6.61 Å². The minimum absolute atomic E-state index is 0.211. The third-order valence-corrected chi connectivity index (χ3v) is 5.86. The maximum atomic E-state index is 12.3. The molecule has 0 bridgehead atoms. The zero-order chi connectivity index (χ0) is 24.7. The fraction of sp³-hybridized carbons (Fsp3) is 0.160. The van der Waals surface area contributed by atoms with Gasteiger partial charge in [0, 0.05) is 20.6 Å². The standard InChI is InChI=1S/C25H22BrClN2O5/c1-3-33-22-11-19(13-28-29-24(30)18-7-4-15(2)21(27)10-18)20(26)12-23(22)34-14-16-5-8-17(9-6-16)25(31)32/h4-13H,3,14H2,1-2H3,(H,29,30)(H,31,32)/b28-13-. The zero-order valence-electron chi connectivity index (χ0n) is 18.5. The summed E-state index contributed by atoms with van der Waals surface area (Å²) in [5.41, 5.74) is 5.47. The first kappa shape index (κ1) is 25.3. The van der Waals surface area contributed by atoms with Gasteiger partial charge in [0.2, 0.25) is 0 Å². The van der Waals surface area contributed by atoms with Crippen molar-refractivity contribution in [3.8, 4) is 11.5 Å². The monoisotopic (exact) mass is 544 g/mol. The quantitative estimate of drug-likeness (QED) is 0.260. The van der Waals surface area contributed by atoms with Crippen LogP contribution in [0.15, 0.2) is 64.2 Å². The molecule has 0 aliphatic carbocycles. The van der Waals surface area contributed by atoms with Gasteiger partial charge >= 0.3 is 5.97 Å². The number of carbonyl (C=O) groups excluding carboxylic acids is 1. The van der Waals surface area contributed by atoms with Crippen LogP contribution < -0.4 is 14.9 Å². The van der Waals surface area contributed by atoms with E-state index in [0.717, 1.165) is 11.1 Å². The topological polar surface area (TPSA) is 97.2 Å². The smallest absolute Gasteiger partial charge is 0.335 e. The summed E-state index contributed by atoms with van der Waals surface area (Å²) < 4.78 is 12.3. The maximum Gasteiger partial charge on any atom is 0.335 e. The van der Waals surface area contributed by atoms with Crippen LogP contribution in [-0.2, 0) is 6.61 Å². The molecule has 34 heavy (non-hydrogen) atoms. The van der Waals surface area contributed by atoms with Gasteiger partial charge in [0.25, 0.3) is 5.91 Å². The molecule has 0 unspecified atom stereocenters. The first-order chi connectivity index (χ1) is 16.3. The second kappa shape index (κ2) is 11.7. The van der Waals surface area contributed by atoms with E-state index < -0.39 is 5.97 Å². The van der Waals surface area contributed by atoms with E-state index in [1.54, 1.807) is 42.5 Å². The number of nitrogens with one attached hydrogen (secondary N) is 1. The number of amides is 1. The Bertz CT molecular complexity index is 1230. The minimum atomic E-state index is -0.980. The van der Waals surface area contributed by atoms with Crippen LogP contribution in [0.3, 0.4) is 0 Å². The van der Waals surface area contributed by atoms with Crippen molar-refractivity contribution in [2.45, 2.75) is 20.5 Å². The fourth-order valence-corrected chi connectivity index (χ4v) is 3.50. The summed E-state index contributed by atoms with van der Waals surface area (Å²) in [6.07, 6.45) is 1.49. The molecule has 0 heterocycles. The lowest BCUT2D eigenvalue weighted by molar-refractivity contribution is 0.0696. The van der Waals surface area contributed by atoms with Crippen LogP contribution in [-0.4, -0.2) is 29.8 Å². The molecule has 3 aromatic carbocycles. The van der Waals surface area contributed by atoms with Gasteiger partial charge in [-0.15, -0.1) is 0 Å². The van der Waals surface area contributed by atoms with Gasteiger partial charge in [0.05, 0.1) is 18.4 Å². The molecule has 0 atom stereocenters. The Hall–Kier alpha value is -3.36. The Balaban J connectivity index is 1.71. The van der Waals surface area contributed by atoms with E-state index in [-0.39, 0.29) is 18.1 Å². The number of ether oxygens (including phenoxy) is 2. The molecular weight excluding hydrogens is 524 g/mol. The van der Waals surface area contributed by atoms with Crippen molar-refractivity contribution in [1.29, 1.82) is 0 Å². The summed E-state index contributed by atoms with van der Waals surface area (Å²) in [6.45, 7) is 4.37. The number of carbonyl (C=O) groups is 2. The molecule has 3 aromatic rings. The summed E-state index contributed by atoms with van der Waals surface area (Å²) in [5, 5.41) is 13.6. The van der Waals surface area contributed by atoms with Crippen LogP contribution in [0.5, 0.6) is 11.5 Å². The highest BCUT2D eigenvalue weighted by atomic mass is 79.9. The van der Waals surface area contributed by atoms with Gasteiger partial charge in [-0.05, 0) is 77.3 Å². The number of aryl methyl sites for hydroxylation is 1. The summed E-state index contributed by atoms with van der Waals surface area (Å²) >= 11 is 9.57. The molecule has 2 N–H and O–H groups in total. The van der Waals surface area contributed by atoms with Crippen molar-refractivity contribution in [1.82, 2.24) is 5.43 Å². The SMILES string of the molecule is CCOc1cc(/C=N\NC(=O)c2ccc(C)c(Cl)c2)c(Br)cc1OCc1ccc(C(=O)O)cc1. The predicted molar refractivity (Wildman–Crippen MR) is 134 cm³/mol. The average Bonchev–Trinajstić information content (AvgIpc) is 2.82. The van der Waals surface area contributed by atoms with E-state index >= 15 is 0 Å². The van der Waals surface area contributed by atoms with Crippen molar-refractivity contribution in [3.05, 3.63) is 91.9 Å². The molecule has 0 fully saturated rings. The van der Waals surface area contributed by atoms with E-state index in [0.29, 0.717) is 38.7 Å². The van der Waals surface area contributed by atoms with Crippen molar-refractivity contribution < 1.29 is 24.2 Å². The lowest BCUT2D eigenvalue weighted by Crippen LogP contribution is -2.17. The van der Waals surface area contributed by atoms with E-state index in [2.05, 4.69) is 26.5 Å². The molecular formula is C25H22BrClN2O5. The van der Waals surface area contributed by atoms with Crippen LogP contribution in [0, 0.1) is 6.92 Å². The molecule has 3 rings (SSSR count). The first-order valence-corrected chi connectivity index (χ1v) is 11.5. The lowest BCUT2D eigenvalue weighted by atomic mass is 10.1. The van der Waals surface area contributed by atoms with Crippen LogP contribution in [0.25, 0.3) is 0 Å². The third kappa shape index (κ3) is 6.59. The molecule has 0 saturated heterocycles. The average molecular weight is 546 g/mol. The van der Waals surface area contributed by atoms with Gasteiger partial charge in [-0.1, -0.05) is 29.8 Å². The molecule has 0 saturated carbocycles. The molecule has 1 amide bonds. The maximum absolute atomic E-state index is 12.3. The normalized spacial score (nSPS) is 10.8.